The average Bonchev–Trinajstić information content (AvgIpc) is 3.33. The average molecular weight is 353 g/mol. The van der Waals surface area contributed by atoms with Gasteiger partial charge in [0.05, 0.1) is 0 Å². The number of rotatable bonds is 3. The second kappa shape index (κ2) is 6.68. The van der Waals surface area contributed by atoms with Gasteiger partial charge in [-0.1, -0.05) is 11.3 Å². The van der Waals surface area contributed by atoms with Crippen molar-refractivity contribution in [1.82, 2.24) is 19.7 Å². The first kappa shape index (κ1) is 15.8. The SMILES string of the molecule is Cc1nnc(N2CCN(C(=O)c3ccc(-n4cccc4)cc3)CC2)s1. The summed E-state index contributed by atoms with van der Waals surface area (Å²) in [5, 5.41) is 10.2. The number of amides is 1. The van der Waals surface area contributed by atoms with E-state index in [2.05, 4.69) is 15.1 Å². The van der Waals surface area contributed by atoms with E-state index in [1.807, 2.05) is 65.2 Å². The van der Waals surface area contributed by atoms with Crippen molar-refractivity contribution < 1.29 is 4.79 Å². The Balaban J connectivity index is 1.40. The number of hydrogen-bond donors (Lipinski definition) is 0. The molecule has 7 heteroatoms. The van der Waals surface area contributed by atoms with Crippen molar-refractivity contribution in [3.05, 3.63) is 59.4 Å². The number of piperazine rings is 1. The lowest BCUT2D eigenvalue weighted by Crippen LogP contribution is -2.48. The van der Waals surface area contributed by atoms with Gasteiger partial charge in [0.25, 0.3) is 5.91 Å². The topological polar surface area (TPSA) is 54.3 Å². The lowest BCUT2D eigenvalue weighted by Gasteiger charge is -2.34. The quantitative estimate of drug-likeness (QED) is 0.726. The Bertz CT molecular complexity index is 848. The van der Waals surface area contributed by atoms with Gasteiger partial charge in [-0.2, -0.15) is 0 Å². The first-order valence-electron chi connectivity index (χ1n) is 8.28. The molecular weight excluding hydrogens is 334 g/mol. The van der Waals surface area contributed by atoms with Crippen LogP contribution in [0.1, 0.15) is 15.4 Å². The Morgan fingerprint density at radius 1 is 1.00 bits per heavy atom. The molecule has 0 saturated carbocycles. The van der Waals surface area contributed by atoms with Gasteiger partial charge in [-0.3, -0.25) is 4.79 Å². The van der Waals surface area contributed by atoms with E-state index in [0.717, 1.165) is 34.5 Å². The Hall–Kier alpha value is -2.67. The van der Waals surface area contributed by atoms with Crippen molar-refractivity contribution >= 4 is 22.4 Å². The number of carbonyl (C=O) groups excluding carboxylic acids is 1. The smallest absolute Gasteiger partial charge is 0.253 e. The predicted molar refractivity (Wildman–Crippen MR) is 98.5 cm³/mol. The zero-order chi connectivity index (χ0) is 17.2. The third kappa shape index (κ3) is 3.28. The van der Waals surface area contributed by atoms with Gasteiger partial charge in [0.1, 0.15) is 5.01 Å². The second-order valence-electron chi connectivity index (χ2n) is 6.02. The first-order valence-corrected chi connectivity index (χ1v) is 9.10. The molecule has 6 nitrogen and oxygen atoms in total. The maximum Gasteiger partial charge on any atom is 0.253 e. The lowest BCUT2D eigenvalue weighted by atomic mass is 10.1. The number of carbonyl (C=O) groups is 1. The van der Waals surface area contributed by atoms with Crippen molar-refractivity contribution in [2.24, 2.45) is 0 Å². The minimum absolute atomic E-state index is 0.0900. The van der Waals surface area contributed by atoms with E-state index in [0.29, 0.717) is 13.1 Å². The fourth-order valence-electron chi connectivity index (χ4n) is 2.98. The van der Waals surface area contributed by atoms with E-state index >= 15 is 0 Å². The van der Waals surface area contributed by atoms with E-state index in [1.54, 1.807) is 11.3 Å². The second-order valence-corrected chi connectivity index (χ2v) is 7.18. The molecule has 0 N–H and O–H groups in total. The molecule has 0 aliphatic carbocycles. The van der Waals surface area contributed by atoms with Crippen LogP contribution in [0.15, 0.2) is 48.8 Å². The van der Waals surface area contributed by atoms with Crippen molar-refractivity contribution in [3.8, 4) is 5.69 Å². The number of anilines is 1. The minimum atomic E-state index is 0.0900. The Labute approximate surface area is 150 Å². The molecule has 0 unspecified atom stereocenters. The number of hydrogen-bond acceptors (Lipinski definition) is 5. The summed E-state index contributed by atoms with van der Waals surface area (Å²) in [7, 11) is 0. The third-order valence-electron chi connectivity index (χ3n) is 4.37. The summed E-state index contributed by atoms with van der Waals surface area (Å²) in [6.07, 6.45) is 3.98. The number of aryl methyl sites for hydroxylation is 1. The van der Waals surface area contributed by atoms with E-state index in [9.17, 15) is 4.79 Å². The summed E-state index contributed by atoms with van der Waals surface area (Å²) in [5.41, 5.74) is 1.79. The van der Waals surface area contributed by atoms with Gasteiger partial charge >= 0.3 is 0 Å². The van der Waals surface area contributed by atoms with Crippen molar-refractivity contribution in [1.29, 1.82) is 0 Å². The van der Waals surface area contributed by atoms with Crippen LogP contribution in [0.25, 0.3) is 5.69 Å². The maximum atomic E-state index is 12.7. The zero-order valence-corrected chi connectivity index (χ0v) is 14.8. The molecule has 25 heavy (non-hydrogen) atoms. The molecule has 1 amide bonds. The molecule has 1 saturated heterocycles. The van der Waals surface area contributed by atoms with Crippen molar-refractivity contribution in [2.45, 2.75) is 6.92 Å². The zero-order valence-electron chi connectivity index (χ0n) is 14.0. The van der Waals surface area contributed by atoms with E-state index in [-0.39, 0.29) is 5.91 Å². The predicted octanol–water partition coefficient (Wildman–Crippen LogP) is 2.60. The molecular formula is C18H19N5OS. The summed E-state index contributed by atoms with van der Waals surface area (Å²) in [5.74, 6) is 0.0900. The largest absolute Gasteiger partial charge is 0.343 e. The van der Waals surface area contributed by atoms with Gasteiger partial charge < -0.3 is 14.4 Å². The van der Waals surface area contributed by atoms with Crippen LogP contribution < -0.4 is 4.90 Å². The maximum absolute atomic E-state index is 12.7. The highest BCUT2D eigenvalue weighted by molar-refractivity contribution is 7.15. The summed E-state index contributed by atoms with van der Waals surface area (Å²) >= 11 is 1.60. The Morgan fingerprint density at radius 3 is 2.28 bits per heavy atom. The van der Waals surface area contributed by atoms with E-state index in [1.165, 1.54) is 0 Å². The summed E-state index contributed by atoms with van der Waals surface area (Å²) < 4.78 is 2.02. The van der Waals surface area contributed by atoms with Crippen LogP contribution in [-0.4, -0.2) is 51.8 Å². The highest BCUT2D eigenvalue weighted by atomic mass is 32.1. The molecule has 4 rings (SSSR count). The van der Waals surface area contributed by atoms with Crippen LogP contribution in [0.3, 0.4) is 0 Å². The Morgan fingerprint density at radius 2 is 1.68 bits per heavy atom. The molecule has 1 fully saturated rings. The van der Waals surface area contributed by atoms with E-state index < -0.39 is 0 Å². The fraction of sp³-hybridized carbons (Fsp3) is 0.278. The fourth-order valence-corrected chi connectivity index (χ4v) is 3.72. The van der Waals surface area contributed by atoms with Crippen LogP contribution >= 0.6 is 11.3 Å². The van der Waals surface area contributed by atoms with Gasteiger partial charge in [-0.15, -0.1) is 10.2 Å². The lowest BCUT2D eigenvalue weighted by molar-refractivity contribution is 0.0747. The summed E-state index contributed by atoms with van der Waals surface area (Å²) in [6, 6.07) is 11.7. The van der Waals surface area contributed by atoms with Gasteiger partial charge in [-0.05, 0) is 43.3 Å². The normalized spacial score (nSPS) is 14.8. The Kier molecular flexibility index (Phi) is 4.23. The molecule has 2 aromatic heterocycles. The highest BCUT2D eigenvalue weighted by Crippen LogP contribution is 2.21. The number of aromatic nitrogens is 3. The monoisotopic (exact) mass is 353 g/mol. The molecule has 1 aliphatic heterocycles. The molecule has 128 valence electrons. The molecule has 0 atom stereocenters. The molecule has 3 aromatic rings. The van der Waals surface area contributed by atoms with Crippen LogP contribution in [0.5, 0.6) is 0 Å². The van der Waals surface area contributed by atoms with Gasteiger partial charge in [0, 0.05) is 49.8 Å². The third-order valence-corrected chi connectivity index (χ3v) is 5.27. The molecule has 0 radical (unpaired) electrons. The van der Waals surface area contributed by atoms with Crippen molar-refractivity contribution in [3.63, 3.8) is 0 Å². The highest BCUT2D eigenvalue weighted by Gasteiger charge is 2.23. The van der Waals surface area contributed by atoms with Crippen LogP contribution in [0.4, 0.5) is 5.13 Å². The van der Waals surface area contributed by atoms with Crippen molar-refractivity contribution in [2.75, 3.05) is 31.1 Å². The standard InChI is InChI=1S/C18H19N5OS/c1-14-19-20-18(25-14)23-12-10-22(11-13-23)17(24)15-4-6-16(7-5-15)21-8-2-3-9-21/h2-9H,10-13H2,1H3. The van der Waals surface area contributed by atoms with Gasteiger partial charge in [-0.25, -0.2) is 0 Å². The molecule has 1 aromatic carbocycles. The van der Waals surface area contributed by atoms with Crippen LogP contribution in [0.2, 0.25) is 0 Å². The molecule has 3 heterocycles. The van der Waals surface area contributed by atoms with Crippen LogP contribution in [-0.2, 0) is 0 Å². The summed E-state index contributed by atoms with van der Waals surface area (Å²) in [4.78, 5) is 16.8. The molecule has 1 aliphatic rings. The minimum Gasteiger partial charge on any atom is -0.343 e. The number of benzene rings is 1. The van der Waals surface area contributed by atoms with Gasteiger partial charge in [0.15, 0.2) is 0 Å². The molecule has 0 spiro atoms. The summed E-state index contributed by atoms with van der Waals surface area (Å²) in [6.45, 7) is 4.95. The first-order chi connectivity index (χ1) is 12.2. The van der Waals surface area contributed by atoms with Gasteiger partial charge in [0.2, 0.25) is 5.13 Å². The number of nitrogens with zero attached hydrogens (tertiary/aromatic N) is 5. The van der Waals surface area contributed by atoms with E-state index in [4.69, 9.17) is 0 Å². The van der Waals surface area contributed by atoms with Crippen LogP contribution in [0, 0.1) is 6.92 Å². The molecule has 0 bridgehead atoms.